The van der Waals surface area contributed by atoms with Crippen LogP contribution in [0.5, 0.6) is 0 Å². The lowest BCUT2D eigenvalue weighted by Crippen LogP contribution is -2.42. The van der Waals surface area contributed by atoms with Gasteiger partial charge in [-0.05, 0) is 30.7 Å². The van der Waals surface area contributed by atoms with Crippen LogP contribution in [0.3, 0.4) is 0 Å². The van der Waals surface area contributed by atoms with Crippen LogP contribution in [-0.4, -0.2) is 35.3 Å². The van der Waals surface area contributed by atoms with Gasteiger partial charge in [0.15, 0.2) is 0 Å². The maximum absolute atomic E-state index is 12.3. The normalized spacial score (nSPS) is 16.1. The summed E-state index contributed by atoms with van der Waals surface area (Å²) in [6.07, 6.45) is 2.74. The molecular weight excluding hydrogens is 332 g/mol. The van der Waals surface area contributed by atoms with Crippen molar-refractivity contribution in [3.8, 4) is 0 Å². The van der Waals surface area contributed by atoms with Crippen LogP contribution in [0.25, 0.3) is 0 Å². The number of rotatable bonds is 6. The Balaban J connectivity index is 1.47. The average Bonchev–Trinajstić information content (AvgIpc) is 2.77. The minimum Gasteiger partial charge on any atom is -0.356 e. The molecule has 0 saturated heterocycles. The maximum atomic E-state index is 12.3. The first-order chi connectivity index (χ1) is 12.6. The molecule has 1 aliphatic rings. The van der Waals surface area contributed by atoms with E-state index in [0.29, 0.717) is 24.2 Å². The van der Waals surface area contributed by atoms with Crippen molar-refractivity contribution in [2.24, 2.45) is 0 Å². The molecule has 1 aliphatic heterocycles. The molecule has 0 saturated carbocycles. The van der Waals surface area contributed by atoms with Gasteiger partial charge in [-0.3, -0.25) is 19.4 Å². The highest BCUT2D eigenvalue weighted by Crippen LogP contribution is 2.19. The third-order valence-electron chi connectivity index (χ3n) is 4.14. The summed E-state index contributed by atoms with van der Waals surface area (Å²) in [4.78, 5) is 40.7. The second kappa shape index (κ2) is 8.24. The quantitative estimate of drug-likeness (QED) is 0.729. The molecule has 0 aliphatic carbocycles. The number of anilines is 1. The molecule has 2 heterocycles. The number of aromatic nitrogens is 1. The molecule has 3 N–H and O–H groups in total. The summed E-state index contributed by atoms with van der Waals surface area (Å²) in [7, 11) is 0. The minimum absolute atomic E-state index is 0.150. The Kier molecular flexibility index (Phi) is 5.58. The van der Waals surface area contributed by atoms with E-state index in [1.54, 1.807) is 30.5 Å². The molecule has 3 amide bonds. The van der Waals surface area contributed by atoms with Gasteiger partial charge in [0, 0.05) is 31.3 Å². The number of amides is 3. The van der Waals surface area contributed by atoms with Gasteiger partial charge in [-0.25, -0.2) is 0 Å². The molecule has 3 rings (SSSR count). The largest absolute Gasteiger partial charge is 0.356 e. The van der Waals surface area contributed by atoms with Crippen molar-refractivity contribution in [2.45, 2.75) is 25.3 Å². The number of fused-ring (bicyclic) bond motifs is 1. The number of pyridine rings is 1. The van der Waals surface area contributed by atoms with Crippen LogP contribution in [0, 0.1) is 0 Å². The Morgan fingerprint density at radius 3 is 2.73 bits per heavy atom. The predicted octanol–water partition coefficient (Wildman–Crippen LogP) is 1.27. The highest BCUT2D eigenvalue weighted by Gasteiger charge is 2.27. The number of para-hydroxylation sites is 1. The van der Waals surface area contributed by atoms with Crippen molar-refractivity contribution in [1.82, 2.24) is 15.6 Å². The molecule has 1 aromatic carbocycles. The zero-order chi connectivity index (χ0) is 18.4. The van der Waals surface area contributed by atoms with Crippen LogP contribution in [0.4, 0.5) is 5.69 Å². The minimum atomic E-state index is -0.739. The zero-order valence-electron chi connectivity index (χ0n) is 14.2. The topological polar surface area (TPSA) is 100 Å². The summed E-state index contributed by atoms with van der Waals surface area (Å²) in [5.74, 6) is -0.797. The zero-order valence-corrected chi connectivity index (χ0v) is 14.2. The maximum Gasteiger partial charge on any atom is 0.254 e. The lowest BCUT2D eigenvalue weighted by Gasteiger charge is -2.14. The molecular formula is C19H20N4O3. The molecule has 7 heteroatoms. The van der Waals surface area contributed by atoms with Crippen LogP contribution in [0.15, 0.2) is 48.7 Å². The second-order valence-electron chi connectivity index (χ2n) is 6.02. The third kappa shape index (κ3) is 4.44. The van der Waals surface area contributed by atoms with E-state index in [2.05, 4.69) is 20.9 Å². The van der Waals surface area contributed by atoms with Gasteiger partial charge in [0.25, 0.3) is 5.91 Å². The lowest BCUT2D eigenvalue weighted by molar-refractivity contribution is -0.121. The van der Waals surface area contributed by atoms with Gasteiger partial charge in [-0.1, -0.05) is 18.2 Å². The van der Waals surface area contributed by atoms with E-state index in [-0.39, 0.29) is 30.6 Å². The summed E-state index contributed by atoms with van der Waals surface area (Å²) in [5, 5.41) is 8.22. The Morgan fingerprint density at radius 1 is 1.12 bits per heavy atom. The van der Waals surface area contributed by atoms with Crippen LogP contribution in [-0.2, 0) is 16.0 Å². The fourth-order valence-electron chi connectivity index (χ4n) is 2.75. The number of hydrogen-bond acceptors (Lipinski definition) is 4. The fourth-order valence-corrected chi connectivity index (χ4v) is 2.75. The number of carbonyl (C=O) groups is 3. The van der Waals surface area contributed by atoms with Gasteiger partial charge in [-0.2, -0.15) is 0 Å². The number of hydrogen-bond donors (Lipinski definition) is 3. The van der Waals surface area contributed by atoms with Gasteiger partial charge in [0.05, 0.1) is 11.3 Å². The van der Waals surface area contributed by atoms with E-state index >= 15 is 0 Å². The smallest absolute Gasteiger partial charge is 0.254 e. The van der Waals surface area contributed by atoms with Gasteiger partial charge in [0.1, 0.15) is 6.04 Å². The van der Waals surface area contributed by atoms with E-state index in [1.165, 1.54) is 0 Å². The van der Waals surface area contributed by atoms with Crippen LogP contribution in [0.1, 0.15) is 28.9 Å². The predicted molar refractivity (Wildman–Crippen MR) is 96.5 cm³/mol. The van der Waals surface area contributed by atoms with Crippen LogP contribution < -0.4 is 16.0 Å². The Morgan fingerprint density at radius 2 is 1.92 bits per heavy atom. The monoisotopic (exact) mass is 352 g/mol. The molecule has 0 fully saturated rings. The highest BCUT2D eigenvalue weighted by atomic mass is 16.2. The average molecular weight is 352 g/mol. The van der Waals surface area contributed by atoms with Crippen molar-refractivity contribution in [1.29, 1.82) is 0 Å². The van der Waals surface area contributed by atoms with Gasteiger partial charge >= 0.3 is 0 Å². The Hall–Kier alpha value is -3.22. The van der Waals surface area contributed by atoms with E-state index < -0.39 is 6.04 Å². The van der Waals surface area contributed by atoms with Crippen LogP contribution >= 0.6 is 0 Å². The molecule has 1 unspecified atom stereocenters. The first-order valence-corrected chi connectivity index (χ1v) is 8.51. The first kappa shape index (κ1) is 17.6. The summed E-state index contributed by atoms with van der Waals surface area (Å²) >= 11 is 0. The lowest BCUT2D eigenvalue weighted by atomic mass is 10.1. The van der Waals surface area contributed by atoms with Crippen molar-refractivity contribution in [2.75, 3.05) is 11.9 Å². The van der Waals surface area contributed by atoms with E-state index in [9.17, 15) is 14.4 Å². The molecule has 1 aromatic heterocycles. The standard InChI is InChI=1S/C19H20N4O3/c24-17(21-12-10-13-5-3-4-11-20-13)9-8-16-19(26)22-15-7-2-1-6-14(15)18(25)23-16/h1-7,11,16H,8-10,12H2,(H,21,24)(H,22,26)(H,23,25). The highest BCUT2D eigenvalue weighted by molar-refractivity contribution is 6.09. The van der Waals surface area contributed by atoms with Crippen LogP contribution in [0.2, 0.25) is 0 Å². The molecule has 1 atom stereocenters. The molecule has 7 nitrogen and oxygen atoms in total. The number of carbonyl (C=O) groups excluding carboxylic acids is 3. The van der Waals surface area contributed by atoms with Crippen molar-refractivity contribution < 1.29 is 14.4 Å². The molecule has 26 heavy (non-hydrogen) atoms. The van der Waals surface area contributed by atoms with E-state index in [0.717, 1.165) is 5.69 Å². The van der Waals surface area contributed by atoms with Gasteiger partial charge in [-0.15, -0.1) is 0 Å². The molecule has 0 spiro atoms. The van der Waals surface area contributed by atoms with Crippen molar-refractivity contribution in [3.63, 3.8) is 0 Å². The Bertz CT molecular complexity index is 807. The van der Waals surface area contributed by atoms with E-state index in [4.69, 9.17) is 0 Å². The third-order valence-corrected chi connectivity index (χ3v) is 4.14. The molecule has 0 bridgehead atoms. The SMILES string of the molecule is O=C(CCC1NC(=O)c2ccccc2NC1=O)NCCc1ccccn1. The van der Waals surface area contributed by atoms with Gasteiger partial charge in [0.2, 0.25) is 11.8 Å². The number of nitrogens with one attached hydrogen (secondary N) is 3. The van der Waals surface area contributed by atoms with Gasteiger partial charge < -0.3 is 16.0 Å². The van der Waals surface area contributed by atoms with E-state index in [1.807, 2.05) is 18.2 Å². The first-order valence-electron chi connectivity index (χ1n) is 8.51. The van der Waals surface area contributed by atoms with Crippen molar-refractivity contribution in [3.05, 3.63) is 59.9 Å². The fraction of sp³-hybridized carbons (Fsp3) is 0.263. The number of benzene rings is 1. The molecule has 2 aromatic rings. The second-order valence-corrected chi connectivity index (χ2v) is 6.02. The summed E-state index contributed by atoms with van der Waals surface area (Å²) < 4.78 is 0. The van der Waals surface area contributed by atoms with Crippen molar-refractivity contribution >= 4 is 23.4 Å². The summed E-state index contributed by atoms with van der Waals surface area (Å²) in [6.45, 7) is 0.477. The molecule has 134 valence electrons. The Labute approximate surface area is 151 Å². The molecule has 0 radical (unpaired) electrons. The number of nitrogens with zero attached hydrogens (tertiary/aromatic N) is 1. The summed E-state index contributed by atoms with van der Waals surface area (Å²) in [5.41, 5.74) is 1.81. The summed E-state index contributed by atoms with van der Waals surface area (Å²) in [6, 6.07) is 11.7.